The van der Waals surface area contributed by atoms with Gasteiger partial charge in [-0.1, -0.05) is 11.6 Å². The fourth-order valence-electron chi connectivity index (χ4n) is 3.29. The van der Waals surface area contributed by atoms with Gasteiger partial charge < -0.3 is 9.15 Å². The SMILES string of the molecule is O=c1[nH]c2cc(S(=O)(=O)NC3CCC(Oc4ccc(Cl)cn4)CC3)ccc2o1. The van der Waals surface area contributed by atoms with Crippen LogP contribution in [0.5, 0.6) is 5.88 Å². The first-order valence-corrected chi connectivity index (χ1v) is 10.7. The van der Waals surface area contributed by atoms with Crippen LogP contribution >= 0.6 is 11.6 Å². The molecule has 148 valence electrons. The van der Waals surface area contributed by atoms with Crippen molar-refractivity contribution < 1.29 is 17.6 Å². The minimum Gasteiger partial charge on any atom is -0.474 e. The summed E-state index contributed by atoms with van der Waals surface area (Å²) in [5.41, 5.74) is 0.665. The highest BCUT2D eigenvalue weighted by Gasteiger charge is 2.27. The summed E-state index contributed by atoms with van der Waals surface area (Å²) in [6.45, 7) is 0. The first kappa shape index (κ1) is 19.0. The highest BCUT2D eigenvalue weighted by atomic mass is 35.5. The normalized spacial score (nSPS) is 20.3. The molecular formula is C18H18ClN3O5S. The molecule has 0 saturated heterocycles. The molecule has 8 nitrogen and oxygen atoms in total. The average molecular weight is 424 g/mol. The number of rotatable bonds is 5. The summed E-state index contributed by atoms with van der Waals surface area (Å²) in [5, 5.41) is 0.545. The standard InChI is InChI=1S/C18H18ClN3O5S/c19-11-1-8-17(20-10-11)26-13-4-2-12(3-5-13)22-28(24,25)14-6-7-16-15(9-14)21-18(23)27-16/h1,6-10,12-13,22H,2-5H2,(H,21,23). The van der Waals surface area contributed by atoms with Gasteiger partial charge in [0.25, 0.3) is 0 Å². The average Bonchev–Trinajstić information content (AvgIpc) is 3.04. The van der Waals surface area contributed by atoms with Gasteiger partial charge in [0.2, 0.25) is 15.9 Å². The maximum atomic E-state index is 12.7. The second-order valence-electron chi connectivity index (χ2n) is 6.70. The number of ether oxygens (including phenoxy) is 1. The van der Waals surface area contributed by atoms with Crippen molar-refractivity contribution in [2.45, 2.75) is 42.7 Å². The van der Waals surface area contributed by atoms with E-state index in [4.69, 9.17) is 20.8 Å². The largest absolute Gasteiger partial charge is 0.474 e. The van der Waals surface area contributed by atoms with Crippen LogP contribution < -0.4 is 15.2 Å². The monoisotopic (exact) mass is 423 g/mol. The number of aromatic amines is 1. The van der Waals surface area contributed by atoms with Gasteiger partial charge in [-0.2, -0.15) is 0 Å². The molecule has 1 fully saturated rings. The molecule has 0 aliphatic heterocycles. The number of sulfonamides is 1. The van der Waals surface area contributed by atoms with E-state index in [0.717, 1.165) is 0 Å². The molecule has 0 radical (unpaired) electrons. The third-order valence-electron chi connectivity index (χ3n) is 4.68. The number of fused-ring (bicyclic) bond motifs is 1. The second kappa shape index (κ2) is 7.57. The maximum absolute atomic E-state index is 12.7. The van der Waals surface area contributed by atoms with Crippen LogP contribution in [0, 0.1) is 0 Å². The second-order valence-corrected chi connectivity index (χ2v) is 8.85. The molecular weight excluding hydrogens is 406 g/mol. The lowest BCUT2D eigenvalue weighted by atomic mass is 9.94. The Bertz CT molecular complexity index is 1130. The number of pyridine rings is 1. The van der Waals surface area contributed by atoms with Gasteiger partial charge in [0.05, 0.1) is 15.4 Å². The fourth-order valence-corrected chi connectivity index (χ4v) is 4.73. The van der Waals surface area contributed by atoms with Gasteiger partial charge in [0, 0.05) is 18.3 Å². The van der Waals surface area contributed by atoms with Crippen molar-refractivity contribution in [1.82, 2.24) is 14.7 Å². The Labute approximate surface area is 165 Å². The van der Waals surface area contributed by atoms with E-state index < -0.39 is 15.8 Å². The highest BCUT2D eigenvalue weighted by Crippen LogP contribution is 2.25. The van der Waals surface area contributed by atoms with E-state index in [1.165, 1.54) is 24.4 Å². The molecule has 1 aliphatic rings. The molecule has 1 aliphatic carbocycles. The molecule has 1 aromatic carbocycles. The number of nitrogens with zero attached hydrogens (tertiary/aromatic N) is 1. The molecule has 0 amide bonds. The van der Waals surface area contributed by atoms with Gasteiger partial charge in [-0.25, -0.2) is 22.9 Å². The van der Waals surface area contributed by atoms with E-state index in [9.17, 15) is 13.2 Å². The Morgan fingerprint density at radius 1 is 1.18 bits per heavy atom. The van der Waals surface area contributed by atoms with E-state index in [0.29, 0.717) is 47.7 Å². The molecule has 0 unspecified atom stereocenters. The fraction of sp³-hybridized carbons (Fsp3) is 0.333. The highest BCUT2D eigenvalue weighted by molar-refractivity contribution is 7.89. The molecule has 28 heavy (non-hydrogen) atoms. The van der Waals surface area contributed by atoms with Crippen LogP contribution in [0.1, 0.15) is 25.7 Å². The van der Waals surface area contributed by atoms with Crippen LogP contribution in [0.2, 0.25) is 5.02 Å². The van der Waals surface area contributed by atoms with Crippen molar-refractivity contribution in [2.24, 2.45) is 0 Å². The van der Waals surface area contributed by atoms with E-state index in [-0.39, 0.29) is 17.0 Å². The summed E-state index contributed by atoms with van der Waals surface area (Å²) in [5.74, 6) is -0.109. The van der Waals surface area contributed by atoms with Crippen LogP contribution in [0.15, 0.2) is 50.6 Å². The Morgan fingerprint density at radius 3 is 2.68 bits per heavy atom. The topological polar surface area (TPSA) is 114 Å². The Balaban J connectivity index is 1.37. The van der Waals surface area contributed by atoms with Crippen molar-refractivity contribution in [3.8, 4) is 5.88 Å². The third kappa shape index (κ3) is 4.21. The Hall–Kier alpha value is -2.36. The predicted octanol–water partition coefficient (Wildman–Crippen LogP) is 2.84. The minimum absolute atomic E-state index is 0.0122. The van der Waals surface area contributed by atoms with Crippen LogP contribution in [0.25, 0.3) is 11.1 Å². The predicted molar refractivity (Wildman–Crippen MR) is 103 cm³/mol. The van der Waals surface area contributed by atoms with Gasteiger partial charge in [-0.15, -0.1) is 0 Å². The summed E-state index contributed by atoms with van der Waals surface area (Å²) in [6.07, 6.45) is 4.25. The Kier molecular flexibility index (Phi) is 5.13. The van der Waals surface area contributed by atoms with Crippen LogP contribution in [-0.4, -0.2) is 30.5 Å². The molecule has 2 heterocycles. The number of nitrogens with one attached hydrogen (secondary N) is 2. The van der Waals surface area contributed by atoms with Gasteiger partial charge in [0.1, 0.15) is 6.10 Å². The van der Waals surface area contributed by atoms with Crippen molar-refractivity contribution in [1.29, 1.82) is 0 Å². The zero-order chi connectivity index (χ0) is 19.7. The number of oxazole rings is 1. The van der Waals surface area contributed by atoms with Gasteiger partial charge >= 0.3 is 5.76 Å². The number of H-pyrrole nitrogens is 1. The Morgan fingerprint density at radius 2 is 1.96 bits per heavy atom. The van der Waals surface area contributed by atoms with Crippen molar-refractivity contribution in [2.75, 3.05) is 0 Å². The summed E-state index contributed by atoms with van der Waals surface area (Å²) in [6, 6.07) is 7.53. The molecule has 4 rings (SSSR count). The van der Waals surface area contributed by atoms with E-state index in [1.54, 1.807) is 12.1 Å². The number of halogens is 1. The molecule has 2 aromatic heterocycles. The zero-order valence-corrected chi connectivity index (χ0v) is 16.3. The quantitative estimate of drug-likeness (QED) is 0.652. The minimum atomic E-state index is -3.70. The third-order valence-corrected chi connectivity index (χ3v) is 6.43. The lowest BCUT2D eigenvalue weighted by Crippen LogP contribution is -2.39. The van der Waals surface area contributed by atoms with Crippen LogP contribution in [0.4, 0.5) is 0 Å². The number of hydrogen-bond donors (Lipinski definition) is 2. The van der Waals surface area contributed by atoms with E-state index in [2.05, 4.69) is 14.7 Å². The maximum Gasteiger partial charge on any atom is 0.417 e. The summed E-state index contributed by atoms with van der Waals surface area (Å²) < 4.78 is 38.8. The number of hydrogen-bond acceptors (Lipinski definition) is 6. The number of benzene rings is 1. The molecule has 3 aromatic rings. The van der Waals surface area contributed by atoms with Crippen LogP contribution in [0.3, 0.4) is 0 Å². The summed E-state index contributed by atoms with van der Waals surface area (Å²) in [7, 11) is -3.70. The number of aromatic nitrogens is 2. The van der Waals surface area contributed by atoms with Crippen molar-refractivity contribution in [3.63, 3.8) is 0 Å². The van der Waals surface area contributed by atoms with Gasteiger partial charge in [0.15, 0.2) is 5.58 Å². The molecule has 0 bridgehead atoms. The first-order valence-electron chi connectivity index (χ1n) is 8.82. The van der Waals surface area contributed by atoms with E-state index in [1.807, 2.05) is 0 Å². The molecule has 1 saturated carbocycles. The first-order chi connectivity index (χ1) is 13.4. The van der Waals surface area contributed by atoms with Crippen molar-refractivity contribution in [3.05, 3.63) is 52.1 Å². The van der Waals surface area contributed by atoms with Gasteiger partial charge in [-0.3, -0.25) is 4.98 Å². The molecule has 0 spiro atoms. The lowest BCUT2D eigenvalue weighted by Gasteiger charge is -2.29. The van der Waals surface area contributed by atoms with Gasteiger partial charge in [-0.05, 0) is 49.9 Å². The molecule has 2 N–H and O–H groups in total. The molecule has 10 heteroatoms. The van der Waals surface area contributed by atoms with Crippen molar-refractivity contribution >= 4 is 32.7 Å². The smallest absolute Gasteiger partial charge is 0.417 e. The summed E-state index contributed by atoms with van der Waals surface area (Å²) in [4.78, 5) is 17.9. The van der Waals surface area contributed by atoms with E-state index >= 15 is 0 Å². The zero-order valence-electron chi connectivity index (χ0n) is 14.7. The summed E-state index contributed by atoms with van der Waals surface area (Å²) >= 11 is 5.81. The lowest BCUT2D eigenvalue weighted by molar-refractivity contribution is 0.138. The van der Waals surface area contributed by atoms with Crippen LogP contribution in [-0.2, 0) is 10.0 Å². The molecule has 0 atom stereocenters.